The molecule has 1 aliphatic heterocycles. The summed E-state index contributed by atoms with van der Waals surface area (Å²) in [5.41, 5.74) is 8.68. The monoisotopic (exact) mass is 455 g/mol. The van der Waals surface area contributed by atoms with Crippen LogP contribution in [0.3, 0.4) is 0 Å². The van der Waals surface area contributed by atoms with Gasteiger partial charge in [0, 0.05) is 13.1 Å². The molecule has 0 aromatic carbocycles. The maximum atomic E-state index is 12.8. The van der Waals surface area contributed by atoms with Gasteiger partial charge in [0.25, 0.3) is 0 Å². The van der Waals surface area contributed by atoms with Crippen LogP contribution in [0, 0.1) is 0 Å². The molecule has 0 aliphatic carbocycles. The van der Waals surface area contributed by atoms with Crippen molar-refractivity contribution in [3.8, 4) is 0 Å². The van der Waals surface area contributed by atoms with Gasteiger partial charge in [0.1, 0.15) is 6.10 Å². The zero-order valence-corrected chi connectivity index (χ0v) is 18.9. The zero-order valence-electron chi connectivity index (χ0n) is 17.3. The summed E-state index contributed by atoms with van der Waals surface area (Å²) in [5, 5.41) is -0.717. The highest BCUT2D eigenvalue weighted by Crippen LogP contribution is 2.22. The van der Waals surface area contributed by atoms with Gasteiger partial charge >= 0.3 is 5.97 Å². The topological polar surface area (TPSA) is 167 Å². The molecule has 12 heteroatoms. The molecule has 0 unspecified atom stereocenters. The summed E-state index contributed by atoms with van der Waals surface area (Å²) in [7, 11) is -7.23. The van der Waals surface area contributed by atoms with E-state index >= 15 is 0 Å². The van der Waals surface area contributed by atoms with E-state index in [0.717, 1.165) is 6.26 Å². The Morgan fingerprint density at radius 1 is 1.10 bits per heavy atom. The molecule has 0 bridgehead atoms. The number of amides is 1. The molecule has 1 atom stereocenters. The molecule has 1 saturated heterocycles. The largest absolute Gasteiger partial charge is 0.460 e. The first-order valence-electron chi connectivity index (χ1n) is 9.74. The van der Waals surface area contributed by atoms with Crippen molar-refractivity contribution in [1.29, 1.82) is 0 Å². The fraction of sp³-hybridized carbons (Fsp3) is 0.882. The summed E-state index contributed by atoms with van der Waals surface area (Å²) in [6.45, 7) is 3.99. The average molecular weight is 456 g/mol. The van der Waals surface area contributed by atoms with E-state index in [4.69, 9.17) is 16.2 Å². The van der Waals surface area contributed by atoms with E-state index in [2.05, 4.69) is 0 Å². The Hall–Kier alpha value is -1.24. The number of primary amides is 1. The van der Waals surface area contributed by atoms with Crippen molar-refractivity contribution in [2.75, 3.05) is 25.1 Å². The van der Waals surface area contributed by atoms with Crippen molar-refractivity contribution in [2.24, 2.45) is 11.5 Å². The van der Waals surface area contributed by atoms with Crippen molar-refractivity contribution >= 4 is 31.7 Å². The molecular weight excluding hydrogens is 422 g/mol. The Labute approximate surface area is 173 Å². The van der Waals surface area contributed by atoms with E-state index in [1.54, 1.807) is 0 Å². The third kappa shape index (κ3) is 6.90. The quantitative estimate of drug-likeness (QED) is 0.311. The number of carbonyl (C=O) groups is 2. The van der Waals surface area contributed by atoms with E-state index in [-0.39, 0.29) is 25.9 Å². The van der Waals surface area contributed by atoms with Crippen LogP contribution in [0.1, 0.15) is 52.4 Å². The summed E-state index contributed by atoms with van der Waals surface area (Å²) >= 11 is 0. The van der Waals surface area contributed by atoms with Crippen LogP contribution in [0.2, 0.25) is 0 Å². The maximum Gasteiger partial charge on any atom is 0.337 e. The Morgan fingerprint density at radius 2 is 1.59 bits per heavy atom. The molecule has 29 heavy (non-hydrogen) atoms. The van der Waals surface area contributed by atoms with Crippen LogP contribution in [0.15, 0.2) is 0 Å². The predicted octanol–water partition coefficient (Wildman–Crippen LogP) is -0.480. The number of sulfone groups is 1. The normalized spacial score (nSPS) is 19.1. The van der Waals surface area contributed by atoms with Gasteiger partial charge in [-0.1, -0.05) is 26.7 Å². The standard InChI is InChI=1S/C17H33N3O7S2/c1-4-6-14(7-5-2)29(25,26)12-17(19,15(18)21)16(22)27-13-8-10-20(11-9-13)28(3,23)24/h13-14H,4-12,19H2,1-3H3,(H2,18,21)/t17-/m0/s1. The number of nitrogens with two attached hydrogens (primary N) is 2. The Morgan fingerprint density at radius 3 is 1.97 bits per heavy atom. The summed E-state index contributed by atoms with van der Waals surface area (Å²) in [6, 6.07) is 0. The first-order valence-corrected chi connectivity index (χ1v) is 13.3. The summed E-state index contributed by atoms with van der Waals surface area (Å²) in [6.07, 6.45) is 2.89. The van der Waals surface area contributed by atoms with Gasteiger partial charge in [0.2, 0.25) is 21.5 Å². The number of rotatable bonds is 11. The number of sulfonamides is 1. The predicted molar refractivity (Wildman–Crippen MR) is 109 cm³/mol. The van der Waals surface area contributed by atoms with E-state index in [1.807, 2.05) is 13.8 Å². The van der Waals surface area contributed by atoms with Gasteiger partial charge in [-0.05, 0) is 25.7 Å². The lowest BCUT2D eigenvalue weighted by atomic mass is 10.0. The second-order valence-corrected chi connectivity index (χ2v) is 11.9. The Bertz CT molecular complexity index is 784. The number of ether oxygens (including phenoxy) is 1. The first kappa shape index (κ1) is 25.8. The second kappa shape index (κ2) is 10.2. The fourth-order valence-electron chi connectivity index (χ4n) is 3.35. The molecule has 1 rings (SSSR count). The number of carbonyl (C=O) groups excluding carboxylic acids is 2. The Kier molecular flexibility index (Phi) is 9.06. The summed E-state index contributed by atoms with van der Waals surface area (Å²) in [4.78, 5) is 24.6. The van der Waals surface area contributed by atoms with Crippen molar-refractivity contribution in [3.05, 3.63) is 0 Å². The molecule has 1 heterocycles. The van der Waals surface area contributed by atoms with Gasteiger partial charge in [0.05, 0.1) is 17.3 Å². The number of hydrogen-bond acceptors (Lipinski definition) is 8. The molecule has 0 saturated carbocycles. The lowest BCUT2D eigenvalue weighted by molar-refractivity contribution is -0.159. The molecule has 1 amide bonds. The third-order valence-corrected chi connectivity index (χ3v) is 8.75. The van der Waals surface area contributed by atoms with Crippen LogP contribution < -0.4 is 11.5 Å². The number of piperidine rings is 1. The van der Waals surface area contributed by atoms with Crippen LogP contribution in [0.5, 0.6) is 0 Å². The summed E-state index contributed by atoms with van der Waals surface area (Å²) in [5.74, 6) is -3.38. The van der Waals surface area contributed by atoms with Crippen LogP contribution >= 0.6 is 0 Å². The number of hydrogen-bond donors (Lipinski definition) is 2. The van der Waals surface area contributed by atoms with Gasteiger partial charge in [-0.15, -0.1) is 0 Å². The molecular formula is C17H33N3O7S2. The van der Waals surface area contributed by atoms with Crippen molar-refractivity contribution in [3.63, 3.8) is 0 Å². The third-order valence-electron chi connectivity index (χ3n) is 5.11. The molecule has 0 aromatic rings. The van der Waals surface area contributed by atoms with E-state index in [9.17, 15) is 26.4 Å². The SMILES string of the molecule is CCCC(CCC)S(=O)(=O)C[C@](N)(C(N)=O)C(=O)OC1CCN(S(C)(=O)=O)CC1. The van der Waals surface area contributed by atoms with Crippen molar-refractivity contribution < 1.29 is 31.2 Å². The van der Waals surface area contributed by atoms with Crippen LogP contribution in [-0.4, -0.2) is 75.0 Å². The minimum Gasteiger partial charge on any atom is -0.460 e. The number of esters is 1. The number of nitrogens with zero attached hydrogens (tertiary/aromatic N) is 1. The van der Waals surface area contributed by atoms with Gasteiger partial charge < -0.3 is 16.2 Å². The molecule has 0 aromatic heterocycles. The lowest BCUT2D eigenvalue weighted by Gasteiger charge is -2.32. The van der Waals surface area contributed by atoms with E-state index in [0.29, 0.717) is 25.7 Å². The van der Waals surface area contributed by atoms with Crippen LogP contribution in [0.25, 0.3) is 0 Å². The molecule has 4 N–H and O–H groups in total. The minimum absolute atomic E-state index is 0.151. The van der Waals surface area contributed by atoms with Gasteiger partial charge in [-0.25, -0.2) is 25.9 Å². The second-order valence-electron chi connectivity index (χ2n) is 7.61. The van der Waals surface area contributed by atoms with E-state index < -0.39 is 54.4 Å². The first-order chi connectivity index (χ1) is 13.3. The molecule has 0 spiro atoms. The smallest absolute Gasteiger partial charge is 0.337 e. The summed E-state index contributed by atoms with van der Waals surface area (Å²) < 4.78 is 55.3. The minimum atomic E-state index is -3.88. The molecule has 170 valence electrons. The highest BCUT2D eigenvalue weighted by atomic mass is 32.2. The van der Waals surface area contributed by atoms with Crippen LogP contribution in [-0.2, 0) is 34.2 Å². The lowest BCUT2D eigenvalue weighted by Crippen LogP contribution is -2.64. The van der Waals surface area contributed by atoms with Crippen molar-refractivity contribution in [2.45, 2.75) is 69.3 Å². The Balaban J connectivity index is 2.92. The maximum absolute atomic E-state index is 12.8. The zero-order chi connectivity index (χ0) is 22.5. The molecule has 10 nitrogen and oxygen atoms in total. The average Bonchev–Trinajstić information content (AvgIpc) is 2.60. The highest BCUT2D eigenvalue weighted by Gasteiger charge is 2.48. The molecule has 0 radical (unpaired) electrons. The van der Waals surface area contributed by atoms with Gasteiger partial charge in [0.15, 0.2) is 9.84 Å². The van der Waals surface area contributed by atoms with Crippen LogP contribution in [0.4, 0.5) is 0 Å². The molecule has 1 aliphatic rings. The molecule has 1 fully saturated rings. The van der Waals surface area contributed by atoms with Gasteiger partial charge in [-0.3, -0.25) is 4.79 Å². The fourth-order valence-corrected chi connectivity index (χ4v) is 6.55. The highest BCUT2D eigenvalue weighted by molar-refractivity contribution is 7.92. The van der Waals surface area contributed by atoms with Gasteiger partial charge in [-0.2, -0.15) is 0 Å². The van der Waals surface area contributed by atoms with E-state index in [1.165, 1.54) is 4.31 Å². The van der Waals surface area contributed by atoms with Crippen molar-refractivity contribution in [1.82, 2.24) is 4.31 Å².